The van der Waals surface area contributed by atoms with Crippen LogP contribution in [0, 0.1) is 52.8 Å². The van der Waals surface area contributed by atoms with Gasteiger partial charge in [-0.3, -0.25) is 4.79 Å². The number of carbonyl (C=O) groups is 1. The van der Waals surface area contributed by atoms with Crippen LogP contribution < -0.4 is 0 Å². The van der Waals surface area contributed by atoms with Crippen LogP contribution in [0.1, 0.15) is 91.3 Å². The zero-order chi connectivity index (χ0) is 21.3. The van der Waals surface area contributed by atoms with Gasteiger partial charge in [-0.05, 0) is 109 Å². The molecule has 5 nitrogen and oxygen atoms in total. The number of aromatic nitrogens is 4. The Labute approximate surface area is 181 Å². The first kappa shape index (κ1) is 20.6. The van der Waals surface area contributed by atoms with Crippen molar-refractivity contribution in [1.29, 1.82) is 0 Å². The van der Waals surface area contributed by atoms with Crippen LogP contribution in [0.3, 0.4) is 0 Å². The normalized spacial score (nSPS) is 48.0. The number of nitrogens with zero attached hydrogens (tertiary/aromatic N) is 4. The molecule has 5 rings (SSSR count). The van der Waals surface area contributed by atoms with Crippen molar-refractivity contribution in [3.63, 3.8) is 0 Å². The highest BCUT2D eigenvalue weighted by molar-refractivity contribution is 5.82. The van der Waals surface area contributed by atoms with Crippen LogP contribution in [-0.4, -0.2) is 26.0 Å². The van der Waals surface area contributed by atoms with Crippen molar-refractivity contribution in [2.75, 3.05) is 0 Å². The molecular weight excluding hydrogens is 372 g/mol. The van der Waals surface area contributed by atoms with Gasteiger partial charge in [-0.15, -0.1) is 5.10 Å². The van der Waals surface area contributed by atoms with Gasteiger partial charge in [0, 0.05) is 5.92 Å². The standard InChI is InChI=1S/C25H40N4O/c1-16-8-13-25(5)20-10-12-24(4)19(18(20)9-11-23(25,3)14-16)6-7-21(24)22(30)15-29-17(2)26-27-28-29/h16,18-21H,6-15H2,1-5H3. The molecule has 4 fully saturated rings. The van der Waals surface area contributed by atoms with Crippen molar-refractivity contribution in [3.8, 4) is 0 Å². The van der Waals surface area contributed by atoms with Gasteiger partial charge in [0.1, 0.15) is 12.4 Å². The smallest absolute Gasteiger partial charge is 0.158 e. The number of tetrazole rings is 1. The quantitative estimate of drug-likeness (QED) is 0.681. The van der Waals surface area contributed by atoms with Crippen LogP contribution in [0.4, 0.5) is 0 Å². The van der Waals surface area contributed by atoms with Crippen LogP contribution >= 0.6 is 0 Å². The topological polar surface area (TPSA) is 60.7 Å². The van der Waals surface area contributed by atoms with Crippen molar-refractivity contribution in [3.05, 3.63) is 5.82 Å². The maximum atomic E-state index is 13.3. The van der Waals surface area contributed by atoms with E-state index in [1.807, 2.05) is 6.92 Å². The van der Waals surface area contributed by atoms with Crippen molar-refractivity contribution in [2.24, 2.45) is 45.8 Å². The molecule has 1 heterocycles. The van der Waals surface area contributed by atoms with E-state index in [2.05, 4.69) is 43.2 Å². The Morgan fingerprint density at radius 3 is 2.57 bits per heavy atom. The number of hydrogen-bond donors (Lipinski definition) is 0. The molecule has 0 saturated heterocycles. The van der Waals surface area contributed by atoms with E-state index in [-0.39, 0.29) is 11.3 Å². The molecule has 0 aliphatic heterocycles. The molecule has 4 aliphatic carbocycles. The van der Waals surface area contributed by atoms with Gasteiger partial charge in [0.25, 0.3) is 0 Å². The number of aryl methyl sites for hydroxylation is 1. The molecule has 166 valence electrons. The van der Waals surface area contributed by atoms with Crippen molar-refractivity contribution < 1.29 is 4.79 Å². The summed E-state index contributed by atoms with van der Waals surface area (Å²) in [5.41, 5.74) is 1.19. The van der Waals surface area contributed by atoms with Crippen molar-refractivity contribution >= 4 is 5.78 Å². The molecule has 1 aromatic heterocycles. The summed E-state index contributed by atoms with van der Waals surface area (Å²) < 4.78 is 1.68. The molecular formula is C25H40N4O. The lowest BCUT2D eigenvalue weighted by Crippen LogP contribution is -2.57. The Morgan fingerprint density at radius 1 is 1.03 bits per heavy atom. The number of rotatable bonds is 3. The summed E-state index contributed by atoms with van der Waals surface area (Å²) in [7, 11) is 0. The predicted octanol–water partition coefficient (Wildman–Crippen LogP) is 5.24. The number of fused-ring (bicyclic) bond motifs is 5. The van der Waals surface area contributed by atoms with Gasteiger partial charge in [-0.2, -0.15) is 0 Å². The van der Waals surface area contributed by atoms with Gasteiger partial charge < -0.3 is 0 Å². The number of carbonyl (C=O) groups excluding carboxylic acids is 1. The van der Waals surface area contributed by atoms with Crippen LogP contribution in [-0.2, 0) is 11.3 Å². The van der Waals surface area contributed by atoms with Gasteiger partial charge in [0.05, 0.1) is 0 Å². The van der Waals surface area contributed by atoms with E-state index in [0.717, 1.165) is 35.9 Å². The number of hydrogen-bond acceptors (Lipinski definition) is 4. The molecule has 8 atom stereocenters. The summed E-state index contributed by atoms with van der Waals surface area (Å²) in [6.07, 6.45) is 11.9. The maximum Gasteiger partial charge on any atom is 0.158 e. The van der Waals surface area contributed by atoms with Crippen molar-refractivity contribution in [1.82, 2.24) is 20.2 Å². The van der Waals surface area contributed by atoms with E-state index in [1.165, 1.54) is 51.4 Å². The Bertz CT molecular complexity index is 835. The number of ketones is 1. The Balaban J connectivity index is 1.38. The van der Waals surface area contributed by atoms with E-state index in [4.69, 9.17) is 0 Å². The zero-order valence-electron chi connectivity index (χ0n) is 19.7. The minimum absolute atomic E-state index is 0.173. The van der Waals surface area contributed by atoms with Gasteiger partial charge in [-0.1, -0.05) is 34.1 Å². The van der Waals surface area contributed by atoms with Crippen LogP contribution in [0.25, 0.3) is 0 Å². The third kappa shape index (κ3) is 2.79. The van der Waals surface area contributed by atoms with E-state index in [1.54, 1.807) is 4.68 Å². The highest BCUT2D eigenvalue weighted by atomic mass is 16.1. The first-order chi connectivity index (χ1) is 14.2. The summed E-state index contributed by atoms with van der Waals surface area (Å²) in [6.45, 7) is 12.4. The SMILES string of the molecule is Cc1nnnn1CC(=O)C1CCC2C3CCC4(C)CC(C)CCC4(C)C3CCC12C. The van der Waals surface area contributed by atoms with Crippen LogP contribution in [0.5, 0.6) is 0 Å². The lowest BCUT2D eigenvalue weighted by atomic mass is 9.40. The molecule has 0 aromatic carbocycles. The summed E-state index contributed by atoms with van der Waals surface area (Å²) in [6, 6.07) is 0. The fourth-order valence-corrected chi connectivity index (χ4v) is 9.12. The van der Waals surface area contributed by atoms with E-state index in [0.29, 0.717) is 23.2 Å². The lowest BCUT2D eigenvalue weighted by Gasteiger charge is -2.65. The summed E-state index contributed by atoms with van der Waals surface area (Å²) in [5.74, 6) is 4.56. The molecule has 4 aliphatic rings. The second kappa shape index (κ2) is 6.87. The molecule has 0 bridgehead atoms. The molecule has 0 radical (unpaired) electrons. The minimum atomic E-state index is 0.173. The summed E-state index contributed by atoms with van der Waals surface area (Å²) in [4.78, 5) is 13.3. The molecule has 0 spiro atoms. The number of Topliss-reactive ketones (excluding diaryl/α,β-unsaturated/α-hetero) is 1. The second-order valence-corrected chi connectivity index (χ2v) is 12.3. The largest absolute Gasteiger partial charge is 0.297 e. The van der Waals surface area contributed by atoms with E-state index < -0.39 is 0 Å². The first-order valence-electron chi connectivity index (χ1n) is 12.4. The predicted molar refractivity (Wildman–Crippen MR) is 117 cm³/mol. The van der Waals surface area contributed by atoms with E-state index in [9.17, 15) is 4.79 Å². The molecule has 4 saturated carbocycles. The molecule has 1 aromatic rings. The first-order valence-corrected chi connectivity index (χ1v) is 12.4. The maximum absolute atomic E-state index is 13.3. The highest BCUT2D eigenvalue weighted by Gasteiger charge is 2.63. The van der Waals surface area contributed by atoms with Gasteiger partial charge in [0.2, 0.25) is 0 Å². The fraction of sp³-hybridized carbons (Fsp3) is 0.920. The lowest BCUT2D eigenvalue weighted by molar-refractivity contribution is -0.162. The van der Waals surface area contributed by atoms with Gasteiger partial charge >= 0.3 is 0 Å². The van der Waals surface area contributed by atoms with E-state index >= 15 is 0 Å². The second-order valence-electron chi connectivity index (χ2n) is 12.3. The minimum Gasteiger partial charge on any atom is -0.297 e. The molecule has 30 heavy (non-hydrogen) atoms. The molecule has 0 amide bonds. The summed E-state index contributed by atoms with van der Waals surface area (Å²) >= 11 is 0. The van der Waals surface area contributed by atoms with Crippen LogP contribution in [0.2, 0.25) is 0 Å². The summed E-state index contributed by atoms with van der Waals surface area (Å²) in [5, 5.41) is 11.7. The average molecular weight is 413 g/mol. The zero-order valence-corrected chi connectivity index (χ0v) is 19.7. The Hall–Kier alpha value is -1.26. The fourth-order valence-electron chi connectivity index (χ4n) is 9.12. The Morgan fingerprint density at radius 2 is 1.83 bits per heavy atom. The molecule has 8 unspecified atom stereocenters. The van der Waals surface area contributed by atoms with Crippen LogP contribution in [0.15, 0.2) is 0 Å². The third-order valence-electron chi connectivity index (χ3n) is 11.0. The van der Waals surface area contributed by atoms with Gasteiger partial charge in [0.15, 0.2) is 5.78 Å². The average Bonchev–Trinajstić information content (AvgIpc) is 3.25. The third-order valence-corrected chi connectivity index (χ3v) is 11.0. The van der Waals surface area contributed by atoms with Gasteiger partial charge in [-0.25, -0.2) is 4.68 Å². The highest BCUT2D eigenvalue weighted by Crippen LogP contribution is 2.71. The monoisotopic (exact) mass is 412 g/mol. The molecule has 5 heteroatoms. The molecule has 0 N–H and O–H groups in total. The van der Waals surface area contributed by atoms with Crippen molar-refractivity contribution in [2.45, 2.75) is 99.0 Å². The Kier molecular flexibility index (Phi) is 4.72.